The number of aromatic amines is 1. The Bertz CT molecular complexity index is 1170. The van der Waals surface area contributed by atoms with E-state index >= 15 is 0 Å². The van der Waals surface area contributed by atoms with Crippen LogP contribution >= 0.6 is 11.3 Å². The van der Waals surface area contributed by atoms with E-state index in [1.165, 1.54) is 16.9 Å². The molecule has 0 bridgehead atoms. The molecule has 1 aliphatic heterocycles. The second-order valence-corrected chi connectivity index (χ2v) is 8.23. The third-order valence-corrected chi connectivity index (χ3v) is 6.05. The molecular weight excluding hydrogens is 358 g/mol. The van der Waals surface area contributed by atoms with Crippen LogP contribution in [0.3, 0.4) is 0 Å². The van der Waals surface area contributed by atoms with Gasteiger partial charge in [-0.3, -0.25) is 14.1 Å². The zero-order chi connectivity index (χ0) is 18.4. The molecule has 0 unspecified atom stereocenters. The molecule has 1 saturated heterocycles. The van der Waals surface area contributed by atoms with Gasteiger partial charge in [-0.15, -0.1) is 11.3 Å². The smallest absolute Gasteiger partial charge is 0.258 e. The molecule has 5 rings (SSSR count). The van der Waals surface area contributed by atoms with Gasteiger partial charge in [-0.05, 0) is 44.0 Å². The molecule has 0 saturated carbocycles. The summed E-state index contributed by atoms with van der Waals surface area (Å²) < 4.78 is 1.60. The minimum atomic E-state index is -0.00235. The van der Waals surface area contributed by atoms with Crippen LogP contribution in [0.1, 0.15) is 35.8 Å². The highest BCUT2D eigenvalue weighted by Crippen LogP contribution is 2.27. The zero-order valence-electron chi connectivity index (χ0n) is 15.2. The Morgan fingerprint density at radius 3 is 3.15 bits per heavy atom. The van der Waals surface area contributed by atoms with Gasteiger partial charge in [0.25, 0.3) is 5.56 Å². The van der Waals surface area contributed by atoms with Gasteiger partial charge in [0.15, 0.2) is 4.96 Å². The molecule has 0 radical (unpaired) electrons. The average molecular weight is 379 g/mol. The van der Waals surface area contributed by atoms with Gasteiger partial charge in [0.05, 0.1) is 16.7 Å². The first-order chi connectivity index (χ1) is 13.2. The standard InChI is InChI=1S/C20H21N5OS/c1-13-4-5-16-17(9-13)23-19(22-16)14-3-2-6-24(11-14)12-15-10-18(26)25-7-8-27-20(25)21-15/h4-5,7-10,14H,2-3,6,11-12H2,1H3,(H,22,23)/t14-/m0/s1. The number of piperidine rings is 1. The highest BCUT2D eigenvalue weighted by Gasteiger charge is 2.24. The van der Waals surface area contributed by atoms with E-state index in [4.69, 9.17) is 4.98 Å². The number of hydrogen-bond donors (Lipinski definition) is 1. The van der Waals surface area contributed by atoms with Gasteiger partial charge in [0.1, 0.15) is 5.82 Å². The number of nitrogens with one attached hydrogen (secondary N) is 1. The lowest BCUT2D eigenvalue weighted by molar-refractivity contribution is 0.195. The summed E-state index contributed by atoms with van der Waals surface area (Å²) in [7, 11) is 0. The highest BCUT2D eigenvalue weighted by molar-refractivity contribution is 7.15. The third kappa shape index (κ3) is 3.17. The van der Waals surface area contributed by atoms with Crippen molar-refractivity contribution in [1.82, 2.24) is 24.3 Å². The van der Waals surface area contributed by atoms with E-state index < -0.39 is 0 Å². The van der Waals surface area contributed by atoms with Gasteiger partial charge in [-0.2, -0.15) is 0 Å². The van der Waals surface area contributed by atoms with Crippen molar-refractivity contribution in [1.29, 1.82) is 0 Å². The summed E-state index contributed by atoms with van der Waals surface area (Å²) >= 11 is 1.50. The summed E-state index contributed by atoms with van der Waals surface area (Å²) in [5, 5.41) is 1.90. The Morgan fingerprint density at radius 1 is 1.30 bits per heavy atom. The molecule has 0 amide bonds. The Kier molecular flexibility index (Phi) is 4.06. The fourth-order valence-corrected chi connectivity index (χ4v) is 4.70. The Morgan fingerprint density at radius 2 is 2.22 bits per heavy atom. The molecule has 0 aliphatic carbocycles. The number of imidazole rings is 1. The summed E-state index contributed by atoms with van der Waals surface area (Å²) in [6.07, 6.45) is 4.04. The fraction of sp³-hybridized carbons (Fsp3) is 0.350. The minimum Gasteiger partial charge on any atom is -0.342 e. The molecule has 1 fully saturated rings. The first-order valence-corrected chi connectivity index (χ1v) is 10.2. The molecular formula is C20H21N5OS. The molecule has 3 aromatic heterocycles. The summed E-state index contributed by atoms with van der Waals surface area (Å²) in [5.41, 5.74) is 4.23. The molecule has 7 heteroatoms. The first kappa shape index (κ1) is 16.6. The second kappa shape index (κ2) is 6.58. The molecule has 1 atom stereocenters. The van der Waals surface area contributed by atoms with Gasteiger partial charge in [0.2, 0.25) is 0 Å². The number of benzene rings is 1. The summed E-state index contributed by atoms with van der Waals surface area (Å²) in [6.45, 7) is 4.77. The zero-order valence-corrected chi connectivity index (χ0v) is 16.0. The Labute approximate surface area is 160 Å². The van der Waals surface area contributed by atoms with E-state index in [9.17, 15) is 4.79 Å². The Hall–Kier alpha value is -2.51. The Balaban J connectivity index is 1.37. The summed E-state index contributed by atoms with van der Waals surface area (Å²) in [6, 6.07) is 8.00. The summed E-state index contributed by atoms with van der Waals surface area (Å²) in [5.74, 6) is 1.46. The van der Waals surface area contributed by atoms with Crippen LogP contribution in [0.25, 0.3) is 16.0 Å². The van der Waals surface area contributed by atoms with Crippen LogP contribution in [0.2, 0.25) is 0 Å². The number of thiazole rings is 1. The number of hydrogen-bond acceptors (Lipinski definition) is 5. The van der Waals surface area contributed by atoms with Crippen molar-refractivity contribution in [3.63, 3.8) is 0 Å². The number of H-pyrrole nitrogens is 1. The highest BCUT2D eigenvalue weighted by atomic mass is 32.1. The average Bonchev–Trinajstić information content (AvgIpc) is 3.28. The molecule has 6 nitrogen and oxygen atoms in total. The number of rotatable bonds is 3. The van der Waals surface area contributed by atoms with Crippen molar-refractivity contribution in [3.8, 4) is 0 Å². The molecule has 4 heterocycles. The number of nitrogens with zero attached hydrogens (tertiary/aromatic N) is 4. The van der Waals surface area contributed by atoms with Gasteiger partial charge < -0.3 is 4.98 Å². The maximum absolute atomic E-state index is 12.2. The van der Waals surface area contributed by atoms with E-state index in [-0.39, 0.29) is 5.56 Å². The van der Waals surface area contributed by atoms with Crippen LogP contribution in [0.15, 0.2) is 40.6 Å². The topological polar surface area (TPSA) is 66.3 Å². The van der Waals surface area contributed by atoms with E-state index in [0.717, 1.165) is 53.4 Å². The monoisotopic (exact) mass is 379 g/mol. The van der Waals surface area contributed by atoms with Crippen molar-refractivity contribution in [2.75, 3.05) is 13.1 Å². The lowest BCUT2D eigenvalue weighted by Crippen LogP contribution is -2.35. The maximum Gasteiger partial charge on any atom is 0.258 e. The molecule has 1 N–H and O–H groups in total. The minimum absolute atomic E-state index is 0.00235. The molecule has 0 spiro atoms. The van der Waals surface area contributed by atoms with Gasteiger partial charge >= 0.3 is 0 Å². The lowest BCUT2D eigenvalue weighted by Gasteiger charge is -2.31. The second-order valence-electron chi connectivity index (χ2n) is 7.36. The number of likely N-dealkylation sites (tertiary alicyclic amines) is 1. The van der Waals surface area contributed by atoms with Crippen LogP contribution in [-0.4, -0.2) is 37.3 Å². The van der Waals surface area contributed by atoms with Gasteiger partial charge in [0, 0.05) is 36.7 Å². The normalized spacial score (nSPS) is 18.5. The molecule has 1 aliphatic rings. The molecule has 1 aromatic carbocycles. The fourth-order valence-electron chi connectivity index (χ4n) is 3.96. The quantitative estimate of drug-likeness (QED) is 0.593. The predicted octanol–water partition coefficient (Wildman–Crippen LogP) is 3.32. The first-order valence-electron chi connectivity index (χ1n) is 9.30. The van der Waals surface area contributed by atoms with Gasteiger partial charge in [-0.25, -0.2) is 9.97 Å². The van der Waals surface area contributed by atoms with Crippen LogP contribution in [-0.2, 0) is 6.54 Å². The predicted molar refractivity (Wildman–Crippen MR) is 107 cm³/mol. The maximum atomic E-state index is 12.2. The van der Waals surface area contributed by atoms with Crippen LogP contribution in [0, 0.1) is 6.92 Å². The van der Waals surface area contributed by atoms with E-state index in [1.54, 1.807) is 16.7 Å². The largest absolute Gasteiger partial charge is 0.342 e. The number of aryl methyl sites for hydroxylation is 1. The van der Waals surface area contributed by atoms with Crippen molar-refractivity contribution in [2.45, 2.75) is 32.2 Å². The van der Waals surface area contributed by atoms with Crippen LogP contribution in [0.4, 0.5) is 0 Å². The molecule has 4 aromatic rings. The van der Waals surface area contributed by atoms with E-state index in [1.807, 2.05) is 5.38 Å². The summed E-state index contributed by atoms with van der Waals surface area (Å²) in [4.78, 5) is 28.3. The molecule has 27 heavy (non-hydrogen) atoms. The van der Waals surface area contributed by atoms with E-state index in [2.05, 4.69) is 40.0 Å². The van der Waals surface area contributed by atoms with Crippen molar-refractivity contribution in [3.05, 3.63) is 63.3 Å². The van der Waals surface area contributed by atoms with Crippen LogP contribution < -0.4 is 5.56 Å². The van der Waals surface area contributed by atoms with Crippen molar-refractivity contribution in [2.24, 2.45) is 0 Å². The third-order valence-electron chi connectivity index (χ3n) is 5.29. The number of fused-ring (bicyclic) bond motifs is 2. The van der Waals surface area contributed by atoms with Gasteiger partial charge in [-0.1, -0.05) is 6.07 Å². The lowest BCUT2D eigenvalue weighted by atomic mass is 9.97. The number of aromatic nitrogens is 4. The van der Waals surface area contributed by atoms with E-state index in [0.29, 0.717) is 12.5 Å². The van der Waals surface area contributed by atoms with Crippen molar-refractivity contribution < 1.29 is 0 Å². The SMILES string of the molecule is Cc1ccc2nc([C@H]3CCCN(Cc4cc(=O)n5ccsc5n4)C3)[nH]c2c1. The van der Waals surface area contributed by atoms with Crippen molar-refractivity contribution >= 4 is 27.3 Å². The molecule has 138 valence electrons. The van der Waals surface area contributed by atoms with Crippen LogP contribution in [0.5, 0.6) is 0 Å².